The molecule has 136 valence electrons. The maximum atomic E-state index is 12.9. The summed E-state index contributed by atoms with van der Waals surface area (Å²) in [4.78, 5) is 2.07. The van der Waals surface area contributed by atoms with E-state index in [1.54, 1.807) is 6.07 Å². The number of benzene rings is 3. The normalized spacial score (nSPS) is 14.0. The second kappa shape index (κ2) is 6.95. The Morgan fingerprint density at radius 1 is 0.778 bits per heavy atom. The van der Waals surface area contributed by atoms with Gasteiger partial charge in [-0.2, -0.15) is 13.2 Å². The first-order valence-electron chi connectivity index (χ1n) is 8.81. The number of alkyl halides is 3. The second-order valence-electron chi connectivity index (χ2n) is 6.58. The van der Waals surface area contributed by atoms with Gasteiger partial charge in [-0.05, 0) is 53.4 Å². The lowest BCUT2D eigenvalue weighted by atomic mass is 10.1. The van der Waals surface area contributed by atoms with Crippen LogP contribution in [0.2, 0.25) is 0 Å². The van der Waals surface area contributed by atoms with Crippen molar-refractivity contribution in [1.82, 2.24) is 0 Å². The van der Waals surface area contributed by atoms with Crippen LogP contribution in [-0.2, 0) is 12.6 Å². The molecule has 1 heterocycles. The Morgan fingerprint density at radius 2 is 1.44 bits per heavy atom. The van der Waals surface area contributed by atoms with Gasteiger partial charge in [0.15, 0.2) is 0 Å². The number of fused-ring (bicyclic) bond motifs is 1. The first-order valence-corrected chi connectivity index (χ1v) is 8.81. The first kappa shape index (κ1) is 17.4. The lowest BCUT2D eigenvalue weighted by Crippen LogP contribution is -2.13. The van der Waals surface area contributed by atoms with Crippen molar-refractivity contribution in [3.05, 3.63) is 95.1 Å². The third-order valence-corrected chi connectivity index (χ3v) is 4.77. The Hall–Kier alpha value is -3.01. The predicted molar refractivity (Wildman–Crippen MR) is 104 cm³/mol. The molecule has 3 aromatic rings. The molecule has 1 aliphatic rings. The van der Waals surface area contributed by atoms with E-state index in [-0.39, 0.29) is 0 Å². The van der Waals surface area contributed by atoms with Gasteiger partial charge in [-0.3, -0.25) is 0 Å². The van der Waals surface area contributed by atoms with Crippen LogP contribution in [0.4, 0.5) is 24.5 Å². The molecule has 1 aliphatic heterocycles. The lowest BCUT2D eigenvalue weighted by Gasteiger charge is -2.20. The molecule has 0 aromatic heterocycles. The predicted octanol–water partition coefficient (Wildman–Crippen LogP) is 6.57. The summed E-state index contributed by atoms with van der Waals surface area (Å²) in [6, 6.07) is 22.1. The lowest BCUT2D eigenvalue weighted by molar-refractivity contribution is -0.137. The monoisotopic (exact) mass is 365 g/mol. The van der Waals surface area contributed by atoms with E-state index in [2.05, 4.69) is 11.0 Å². The number of hydrogen-bond acceptors (Lipinski definition) is 1. The Bertz CT molecular complexity index is 957. The molecule has 0 atom stereocenters. The summed E-state index contributed by atoms with van der Waals surface area (Å²) < 4.78 is 38.7. The number of anilines is 2. The van der Waals surface area contributed by atoms with Crippen molar-refractivity contribution in [3.63, 3.8) is 0 Å². The van der Waals surface area contributed by atoms with Gasteiger partial charge in [0.2, 0.25) is 0 Å². The first-order chi connectivity index (χ1) is 13.0. The van der Waals surface area contributed by atoms with E-state index in [1.807, 2.05) is 60.7 Å². The smallest absolute Gasteiger partial charge is 0.341 e. The fourth-order valence-corrected chi connectivity index (χ4v) is 3.37. The molecule has 0 N–H and O–H groups in total. The summed E-state index contributed by atoms with van der Waals surface area (Å²) in [7, 11) is 0. The SMILES string of the molecule is FC(F)(F)c1ccc2c(c1)CCN2c1ccc(/C=C/c2ccccc2)cc1. The molecule has 0 radical (unpaired) electrons. The van der Waals surface area contributed by atoms with Crippen LogP contribution in [0.3, 0.4) is 0 Å². The molecular formula is C23H18F3N. The second-order valence-corrected chi connectivity index (χ2v) is 6.58. The van der Waals surface area contributed by atoms with Crippen LogP contribution in [0.25, 0.3) is 12.2 Å². The number of halogens is 3. The summed E-state index contributed by atoms with van der Waals surface area (Å²) in [6.07, 6.45) is 0.426. The largest absolute Gasteiger partial charge is 0.416 e. The van der Waals surface area contributed by atoms with E-state index in [9.17, 15) is 13.2 Å². The molecule has 0 saturated heterocycles. The van der Waals surface area contributed by atoms with Crippen molar-refractivity contribution in [1.29, 1.82) is 0 Å². The summed E-state index contributed by atoms with van der Waals surface area (Å²) in [5.41, 5.74) is 4.23. The topological polar surface area (TPSA) is 3.24 Å². The minimum Gasteiger partial charge on any atom is -0.341 e. The van der Waals surface area contributed by atoms with Gasteiger partial charge in [-0.25, -0.2) is 0 Å². The van der Waals surface area contributed by atoms with E-state index >= 15 is 0 Å². The summed E-state index contributed by atoms with van der Waals surface area (Å²) >= 11 is 0. The Kier molecular flexibility index (Phi) is 4.48. The average molecular weight is 365 g/mol. The highest BCUT2D eigenvalue weighted by molar-refractivity contribution is 5.74. The standard InChI is InChI=1S/C23H18F3N/c24-23(25,26)20-10-13-22-19(16-20)14-15-27(22)21-11-8-18(9-12-21)7-6-17-4-2-1-3-5-17/h1-13,16H,14-15H2/b7-6+. The molecule has 0 spiro atoms. The Labute approximate surface area is 156 Å². The zero-order chi connectivity index (χ0) is 18.9. The molecule has 0 fully saturated rings. The highest BCUT2D eigenvalue weighted by Gasteiger charge is 2.32. The molecule has 0 bridgehead atoms. The maximum Gasteiger partial charge on any atom is 0.416 e. The summed E-state index contributed by atoms with van der Waals surface area (Å²) in [5, 5.41) is 0. The van der Waals surface area contributed by atoms with Gasteiger partial charge in [0.25, 0.3) is 0 Å². The average Bonchev–Trinajstić information content (AvgIpc) is 3.10. The van der Waals surface area contributed by atoms with Crippen molar-refractivity contribution in [2.45, 2.75) is 12.6 Å². The van der Waals surface area contributed by atoms with Crippen LogP contribution in [-0.4, -0.2) is 6.54 Å². The van der Waals surface area contributed by atoms with Crippen molar-refractivity contribution in [2.24, 2.45) is 0 Å². The minimum atomic E-state index is -4.30. The summed E-state index contributed by atoms with van der Waals surface area (Å²) in [6.45, 7) is 0.690. The third kappa shape index (κ3) is 3.75. The van der Waals surface area contributed by atoms with Crippen LogP contribution in [0, 0.1) is 0 Å². The van der Waals surface area contributed by atoms with Gasteiger partial charge >= 0.3 is 6.18 Å². The summed E-state index contributed by atoms with van der Waals surface area (Å²) in [5.74, 6) is 0. The van der Waals surface area contributed by atoms with Crippen LogP contribution < -0.4 is 4.90 Å². The Morgan fingerprint density at radius 3 is 2.11 bits per heavy atom. The molecule has 0 amide bonds. The Balaban J connectivity index is 1.53. The van der Waals surface area contributed by atoms with Gasteiger partial charge in [-0.1, -0.05) is 54.6 Å². The van der Waals surface area contributed by atoms with E-state index in [0.29, 0.717) is 13.0 Å². The van der Waals surface area contributed by atoms with Crippen molar-refractivity contribution in [2.75, 3.05) is 11.4 Å². The van der Waals surface area contributed by atoms with E-state index in [1.165, 1.54) is 6.07 Å². The molecule has 1 nitrogen and oxygen atoms in total. The highest BCUT2D eigenvalue weighted by atomic mass is 19.4. The number of nitrogens with zero attached hydrogens (tertiary/aromatic N) is 1. The van der Waals surface area contributed by atoms with Crippen LogP contribution >= 0.6 is 0 Å². The van der Waals surface area contributed by atoms with Gasteiger partial charge in [0.05, 0.1) is 5.56 Å². The van der Waals surface area contributed by atoms with E-state index in [4.69, 9.17) is 0 Å². The molecular weight excluding hydrogens is 347 g/mol. The molecule has 4 heteroatoms. The van der Waals surface area contributed by atoms with Gasteiger partial charge in [0, 0.05) is 17.9 Å². The molecule has 27 heavy (non-hydrogen) atoms. The van der Waals surface area contributed by atoms with Crippen LogP contribution in [0.1, 0.15) is 22.3 Å². The molecule has 0 saturated carbocycles. The number of hydrogen-bond donors (Lipinski definition) is 0. The fraction of sp³-hybridized carbons (Fsp3) is 0.130. The van der Waals surface area contributed by atoms with Gasteiger partial charge in [0.1, 0.15) is 0 Å². The minimum absolute atomic E-state index is 0.579. The van der Waals surface area contributed by atoms with Gasteiger partial charge < -0.3 is 4.90 Å². The van der Waals surface area contributed by atoms with E-state index in [0.717, 1.165) is 34.1 Å². The molecule has 0 unspecified atom stereocenters. The zero-order valence-corrected chi connectivity index (χ0v) is 14.6. The fourth-order valence-electron chi connectivity index (χ4n) is 3.37. The quantitative estimate of drug-likeness (QED) is 0.475. The molecule has 4 rings (SSSR count). The van der Waals surface area contributed by atoms with E-state index < -0.39 is 11.7 Å². The van der Waals surface area contributed by atoms with Gasteiger partial charge in [-0.15, -0.1) is 0 Å². The molecule has 3 aromatic carbocycles. The zero-order valence-electron chi connectivity index (χ0n) is 14.6. The highest BCUT2D eigenvalue weighted by Crippen LogP contribution is 2.38. The van der Waals surface area contributed by atoms with Crippen LogP contribution in [0.15, 0.2) is 72.8 Å². The third-order valence-electron chi connectivity index (χ3n) is 4.77. The van der Waals surface area contributed by atoms with Crippen molar-refractivity contribution >= 4 is 23.5 Å². The number of rotatable bonds is 3. The molecule has 0 aliphatic carbocycles. The van der Waals surface area contributed by atoms with Crippen molar-refractivity contribution < 1.29 is 13.2 Å². The van der Waals surface area contributed by atoms with Crippen molar-refractivity contribution in [3.8, 4) is 0 Å². The van der Waals surface area contributed by atoms with Crippen LogP contribution in [0.5, 0.6) is 0 Å². The maximum absolute atomic E-state index is 12.9.